The van der Waals surface area contributed by atoms with Crippen LogP contribution in [0.3, 0.4) is 0 Å². The molecule has 0 fully saturated rings. The minimum atomic E-state index is 0.297. The minimum absolute atomic E-state index is 0.297. The van der Waals surface area contributed by atoms with Crippen molar-refractivity contribution in [3.8, 4) is 5.75 Å². The Morgan fingerprint density at radius 2 is 1.86 bits per heavy atom. The minimum Gasteiger partial charge on any atom is -0.487 e. The van der Waals surface area contributed by atoms with Crippen molar-refractivity contribution in [2.45, 2.75) is 6.61 Å². The Hall–Kier alpha value is -1.97. The normalized spacial score (nSPS) is 10.8. The molecule has 0 saturated carbocycles. The predicted octanol–water partition coefficient (Wildman–Crippen LogP) is 4.70. The number of nitrogens with two attached hydrogens (primary N) is 1. The fourth-order valence-corrected chi connectivity index (χ4v) is 2.50. The molecule has 3 nitrogen and oxygen atoms in total. The second-order valence-corrected chi connectivity index (χ2v) is 5.43. The summed E-state index contributed by atoms with van der Waals surface area (Å²) in [5, 5.41) is 2.06. The molecule has 0 aliphatic heterocycles. The first kappa shape index (κ1) is 14.0. The van der Waals surface area contributed by atoms with E-state index < -0.39 is 0 Å². The summed E-state index contributed by atoms with van der Waals surface area (Å²) in [6.07, 6.45) is 0. The van der Waals surface area contributed by atoms with Crippen LogP contribution in [0.25, 0.3) is 10.9 Å². The molecule has 21 heavy (non-hydrogen) atoms. The van der Waals surface area contributed by atoms with Crippen LogP contribution in [0.5, 0.6) is 5.75 Å². The Labute approximate surface area is 132 Å². The van der Waals surface area contributed by atoms with E-state index in [0.29, 0.717) is 28.2 Å². The van der Waals surface area contributed by atoms with Crippen LogP contribution >= 0.6 is 23.2 Å². The van der Waals surface area contributed by atoms with Crippen LogP contribution in [-0.4, -0.2) is 4.98 Å². The maximum Gasteiger partial charge on any atom is 0.138 e. The maximum atomic E-state index is 6.07. The number of rotatable bonds is 3. The Morgan fingerprint density at radius 3 is 2.67 bits per heavy atom. The molecule has 3 aromatic rings. The summed E-state index contributed by atoms with van der Waals surface area (Å²) < 4.78 is 5.70. The van der Waals surface area contributed by atoms with Crippen molar-refractivity contribution in [3.05, 3.63) is 64.1 Å². The molecule has 0 aliphatic rings. The molecular formula is C16H12Cl2N2O. The summed E-state index contributed by atoms with van der Waals surface area (Å²) in [7, 11) is 0. The molecular weight excluding hydrogens is 307 g/mol. The second kappa shape index (κ2) is 5.80. The Morgan fingerprint density at radius 1 is 1.05 bits per heavy atom. The number of anilines is 1. The van der Waals surface area contributed by atoms with Gasteiger partial charge in [-0.15, -0.1) is 0 Å². The largest absolute Gasteiger partial charge is 0.487 e. The maximum absolute atomic E-state index is 6.07. The van der Waals surface area contributed by atoms with Gasteiger partial charge >= 0.3 is 0 Å². The summed E-state index contributed by atoms with van der Waals surface area (Å²) in [6, 6.07) is 14.9. The number of hydrogen-bond acceptors (Lipinski definition) is 3. The van der Waals surface area contributed by atoms with Crippen molar-refractivity contribution in [3.63, 3.8) is 0 Å². The SMILES string of the molecule is Nc1nc2ccccc2cc1COc1ccc(Cl)cc1Cl. The van der Waals surface area contributed by atoms with Gasteiger partial charge in [0.05, 0.1) is 10.5 Å². The van der Waals surface area contributed by atoms with Crippen LogP contribution in [0.1, 0.15) is 5.56 Å². The lowest BCUT2D eigenvalue weighted by Gasteiger charge is -2.10. The number of hydrogen-bond donors (Lipinski definition) is 1. The van der Waals surface area contributed by atoms with Crippen LogP contribution in [0, 0.1) is 0 Å². The van der Waals surface area contributed by atoms with Crippen LogP contribution in [0.15, 0.2) is 48.5 Å². The Balaban J connectivity index is 1.86. The molecule has 0 atom stereocenters. The first-order chi connectivity index (χ1) is 10.1. The van der Waals surface area contributed by atoms with Crippen molar-refractivity contribution >= 4 is 39.9 Å². The summed E-state index contributed by atoms with van der Waals surface area (Å²) in [5.74, 6) is 1.02. The average Bonchev–Trinajstić information content (AvgIpc) is 2.46. The molecule has 5 heteroatoms. The highest BCUT2D eigenvalue weighted by molar-refractivity contribution is 6.35. The van der Waals surface area contributed by atoms with Gasteiger partial charge in [-0.25, -0.2) is 4.98 Å². The zero-order valence-electron chi connectivity index (χ0n) is 11.0. The van der Waals surface area contributed by atoms with E-state index in [9.17, 15) is 0 Å². The fraction of sp³-hybridized carbons (Fsp3) is 0.0625. The Kier molecular flexibility index (Phi) is 3.86. The van der Waals surface area contributed by atoms with E-state index in [1.807, 2.05) is 30.3 Å². The third kappa shape index (κ3) is 3.04. The highest BCUT2D eigenvalue weighted by Crippen LogP contribution is 2.29. The topological polar surface area (TPSA) is 48.1 Å². The smallest absolute Gasteiger partial charge is 0.138 e. The van der Waals surface area contributed by atoms with Crippen molar-refractivity contribution < 1.29 is 4.74 Å². The first-order valence-electron chi connectivity index (χ1n) is 6.35. The molecule has 2 N–H and O–H groups in total. The number of halogens is 2. The van der Waals surface area contributed by atoms with Gasteiger partial charge < -0.3 is 10.5 Å². The molecule has 1 aromatic heterocycles. The number of ether oxygens (including phenoxy) is 1. The lowest BCUT2D eigenvalue weighted by molar-refractivity contribution is 0.307. The summed E-state index contributed by atoms with van der Waals surface area (Å²) in [4.78, 5) is 4.37. The molecule has 1 heterocycles. The highest BCUT2D eigenvalue weighted by Gasteiger charge is 2.07. The number of nitrogens with zero attached hydrogens (tertiary/aromatic N) is 1. The van der Waals surface area contributed by atoms with Gasteiger partial charge in [0.2, 0.25) is 0 Å². The second-order valence-electron chi connectivity index (χ2n) is 4.59. The van der Waals surface area contributed by atoms with E-state index >= 15 is 0 Å². The molecule has 0 radical (unpaired) electrons. The predicted molar refractivity (Wildman–Crippen MR) is 86.9 cm³/mol. The van der Waals surface area contributed by atoms with Crippen molar-refractivity contribution in [1.82, 2.24) is 4.98 Å². The zero-order chi connectivity index (χ0) is 14.8. The van der Waals surface area contributed by atoms with Gasteiger partial charge in [0.15, 0.2) is 0 Å². The molecule has 3 rings (SSSR count). The standard InChI is InChI=1S/C16H12Cl2N2O/c17-12-5-6-15(13(18)8-12)21-9-11-7-10-3-1-2-4-14(10)20-16(11)19/h1-8H,9H2,(H2,19,20). The van der Waals surface area contributed by atoms with Crippen molar-refractivity contribution in [2.24, 2.45) is 0 Å². The molecule has 0 unspecified atom stereocenters. The van der Waals surface area contributed by atoms with E-state index in [2.05, 4.69) is 4.98 Å². The molecule has 106 valence electrons. The number of fused-ring (bicyclic) bond motifs is 1. The summed E-state index contributed by atoms with van der Waals surface area (Å²) in [6.45, 7) is 0.297. The summed E-state index contributed by atoms with van der Waals surface area (Å²) in [5.41, 5.74) is 7.65. The van der Waals surface area contributed by atoms with Gasteiger partial charge in [-0.3, -0.25) is 0 Å². The van der Waals surface area contributed by atoms with E-state index in [-0.39, 0.29) is 0 Å². The zero-order valence-corrected chi connectivity index (χ0v) is 12.5. The van der Waals surface area contributed by atoms with E-state index in [4.69, 9.17) is 33.7 Å². The van der Waals surface area contributed by atoms with E-state index in [0.717, 1.165) is 16.5 Å². The van der Waals surface area contributed by atoms with Gasteiger partial charge in [0.25, 0.3) is 0 Å². The molecule has 0 saturated heterocycles. The van der Waals surface area contributed by atoms with E-state index in [1.54, 1.807) is 18.2 Å². The van der Waals surface area contributed by atoms with Crippen molar-refractivity contribution in [1.29, 1.82) is 0 Å². The fourth-order valence-electron chi connectivity index (χ4n) is 2.04. The van der Waals surface area contributed by atoms with Gasteiger partial charge in [-0.05, 0) is 30.3 Å². The lowest BCUT2D eigenvalue weighted by atomic mass is 10.1. The first-order valence-corrected chi connectivity index (χ1v) is 7.11. The molecule has 2 aromatic carbocycles. The molecule has 0 amide bonds. The third-order valence-corrected chi connectivity index (χ3v) is 3.64. The number of aromatic nitrogens is 1. The van der Waals surface area contributed by atoms with Gasteiger partial charge in [-0.1, -0.05) is 41.4 Å². The lowest BCUT2D eigenvalue weighted by Crippen LogP contribution is -2.03. The number of benzene rings is 2. The van der Waals surface area contributed by atoms with Gasteiger partial charge in [0.1, 0.15) is 18.2 Å². The number of pyridine rings is 1. The monoisotopic (exact) mass is 318 g/mol. The Bertz CT molecular complexity index is 805. The third-order valence-electron chi connectivity index (χ3n) is 3.11. The van der Waals surface area contributed by atoms with Crippen LogP contribution < -0.4 is 10.5 Å². The van der Waals surface area contributed by atoms with E-state index in [1.165, 1.54) is 0 Å². The quantitative estimate of drug-likeness (QED) is 0.761. The highest BCUT2D eigenvalue weighted by atomic mass is 35.5. The number of para-hydroxylation sites is 1. The van der Waals surface area contributed by atoms with Crippen LogP contribution in [0.4, 0.5) is 5.82 Å². The van der Waals surface area contributed by atoms with Crippen LogP contribution in [0.2, 0.25) is 10.0 Å². The molecule has 0 bridgehead atoms. The number of nitrogen functional groups attached to an aromatic ring is 1. The van der Waals surface area contributed by atoms with Gasteiger partial charge in [-0.2, -0.15) is 0 Å². The molecule has 0 spiro atoms. The van der Waals surface area contributed by atoms with Crippen molar-refractivity contribution in [2.75, 3.05) is 5.73 Å². The van der Waals surface area contributed by atoms with Crippen LogP contribution in [-0.2, 0) is 6.61 Å². The molecule has 0 aliphatic carbocycles. The average molecular weight is 319 g/mol. The summed E-state index contributed by atoms with van der Waals surface area (Å²) >= 11 is 11.9. The van der Waals surface area contributed by atoms with Gasteiger partial charge in [0, 0.05) is 16.0 Å².